The van der Waals surface area contributed by atoms with Crippen molar-refractivity contribution in [2.75, 3.05) is 0 Å². The molecule has 5 aliphatic carbocycles. The Kier molecular flexibility index (Phi) is 1.81. The van der Waals surface area contributed by atoms with E-state index in [-0.39, 0.29) is 0 Å². The SMILES string of the molecule is CC1C2CC3C4/C5=C/C1(C)CC2(C)CCC3(C)CC54C. The summed E-state index contributed by atoms with van der Waals surface area (Å²) in [4.78, 5) is 0. The largest absolute Gasteiger partial charge is 0.0782 e. The van der Waals surface area contributed by atoms with Crippen molar-refractivity contribution in [2.45, 2.75) is 66.7 Å². The van der Waals surface area contributed by atoms with E-state index in [4.69, 9.17) is 0 Å². The van der Waals surface area contributed by atoms with Crippen LogP contribution >= 0.6 is 0 Å². The van der Waals surface area contributed by atoms with Crippen LogP contribution in [0.2, 0.25) is 0 Å². The van der Waals surface area contributed by atoms with Crippen molar-refractivity contribution in [1.82, 2.24) is 0 Å². The summed E-state index contributed by atoms with van der Waals surface area (Å²) in [7, 11) is 0. The molecule has 0 N–H and O–H groups in total. The van der Waals surface area contributed by atoms with Crippen molar-refractivity contribution in [3.8, 4) is 0 Å². The van der Waals surface area contributed by atoms with Gasteiger partial charge in [0, 0.05) is 0 Å². The van der Waals surface area contributed by atoms with Crippen molar-refractivity contribution in [3.63, 3.8) is 0 Å². The lowest BCUT2D eigenvalue weighted by molar-refractivity contribution is 0.142. The Bertz CT molecular complexity index is 544. The monoisotopic (exact) mass is 270 g/mol. The summed E-state index contributed by atoms with van der Waals surface area (Å²) in [5.41, 5.74) is 4.30. The molecule has 0 heterocycles. The van der Waals surface area contributed by atoms with Gasteiger partial charge in [-0.1, -0.05) is 46.3 Å². The molecule has 0 aromatic heterocycles. The van der Waals surface area contributed by atoms with Crippen LogP contribution in [0, 0.1) is 45.3 Å². The minimum absolute atomic E-state index is 0.501. The molecule has 5 aliphatic rings. The van der Waals surface area contributed by atoms with Crippen molar-refractivity contribution in [2.24, 2.45) is 45.3 Å². The molecule has 3 bridgehead atoms. The molecule has 20 heavy (non-hydrogen) atoms. The normalized spacial score (nSPS) is 72.0. The molecule has 0 aromatic rings. The van der Waals surface area contributed by atoms with Gasteiger partial charge in [-0.3, -0.25) is 0 Å². The van der Waals surface area contributed by atoms with E-state index in [1.54, 1.807) is 6.42 Å². The third-order valence-corrected chi connectivity index (χ3v) is 9.25. The van der Waals surface area contributed by atoms with Crippen LogP contribution in [0.25, 0.3) is 0 Å². The topological polar surface area (TPSA) is 0 Å². The van der Waals surface area contributed by atoms with Crippen LogP contribution < -0.4 is 0 Å². The van der Waals surface area contributed by atoms with Gasteiger partial charge < -0.3 is 0 Å². The lowest BCUT2D eigenvalue weighted by Crippen LogP contribution is -2.30. The number of allylic oxidation sites excluding steroid dienone is 2. The Morgan fingerprint density at radius 3 is 2.30 bits per heavy atom. The first kappa shape index (κ1) is 12.3. The third-order valence-electron chi connectivity index (χ3n) is 9.25. The van der Waals surface area contributed by atoms with Crippen molar-refractivity contribution in [1.29, 1.82) is 0 Å². The minimum Gasteiger partial charge on any atom is -0.0782 e. The first-order valence-electron chi connectivity index (χ1n) is 8.95. The van der Waals surface area contributed by atoms with Crippen LogP contribution in [0.4, 0.5) is 0 Å². The fraction of sp³-hybridized carbons (Fsp3) is 0.900. The highest BCUT2D eigenvalue weighted by Crippen LogP contribution is 2.82. The lowest BCUT2D eigenvalue weighted by Gasteiger charge is -2.38. The van der Waals surface area contributed by atoms with E-state index < -0.39 is 0 Å². The molecule has 0 nitrogen and oxygen atoms in total. The maximum absolute atomic E-state index is 2.80. The summed E-state index contributed by atoms with van der Waals surface area (Å²) >= 11 is 0. The summed E-state index contributed by atoms with van der Waals surface area (Å²) in [6.45, 7) is 13.0. The summed E-state index contributed by atoms with van der Waals surface area (Å²) < 4.78 is 0. The van der Waals surface area contributed by atoms with Crippen LogP contribution in [-0.4, -0.2) is 0 Å². The van der Waals surface area contributed by atoms with E-state index in [0.29, 0.717) is 21.7 Å². The molecule has 0 radical (unpaired) electrons. The molecular weight excluding hydrogens is 240 g/mol. The van der Waals surface area contributed by atoms with Gasteiger partial charge in [-0.2, -0.15) is 0 Å². The smallest absolute Gasteiger partial charge is 0.00392 e. The second-order valence-corrected chi connectivity index (χ2v) is 10.4. The standard InChI is InChI=1S/C20H30/c1-12-13-8-14-16-15-9-19(12,4)10-17(13,2)6-7-18(14,3)11-20(15,16)5/h9,12-14,16H,6-8,10-11H2,1-5H3/b15-9-. The maximum atomic E-state index is 2.80. The predicted molar refractivity (Wildman–Crippen MR) is 83.2 cm³/mol. The van der Waals surface area contributed by atoms with Gasteiger partial charge in [0.2, 0.25) is 0 Å². The van der Waals surface area contributed by atoms with Gasteiger partial charge in [0.15, 0.2) is 0 Å². The zero-order valence-electron chi connectivity index (χ0n) is 13.9. The van der Waals surface area contributed by atoms with E-state index in [1.165, 1.54) is 25.7 Å². The van der Waals surface area contributed by atoms with Crippen LogP contribution in [0.1, 0.15) is 66.7 Å². The average molecular weight is 270 g/mol. The fourth-order valence-corrected chi connectivity index (χ4v) is 8.11. The van der Waals surface area contributed by atoms with Gasteiger partial charge in [0.05, 0.1) is 0 Å². The first-order valence-corrected chi connectivity index (χ1v) is 8.95. The Hall–Kier alpha value is -0.260. The minimum atomic E-state index is 0.501. The third kappa shape index (κ3) is 1.08. The molecule has 8 unspecified atom stereocenters. The average Bonchev–Trinajstić information content (AvgIpc) is 2.73. The zero-order chi connectivity index (χ0) is 14.1. The molecule has 8 atom stereocenters. The Morgan fingerprint density at radius 1 is 0.950 bits per heavy atom. The molecule has 0 amide bonds. The Balaban J connectivity index is 1.77. The summed E-state index contributed by atoms with van der Waals surface area (Å²) in [5, 5.41) is 0. The van der Waals surface area contributed by atoms with Crippen LogP contribution in [0.3, 0.4) is 0 Å². The van der Waals surface area contributed by atoms with Gasteiger partial charge in [-0.15, -0.1) is 0 Å². The van der Waals surface area contributed by atoms with E-state index in [9.17, 15) is 0 Å². The number of rotatable bonds is 0. The first-order chi connectivity index (χ1) is 9.22. The Labute approximate surface area is 124 Å². The summed E-state index contributed by atoms with van der Waals surface area (Å²) in [5.74, 6) is 3.87. The number of hydrogen-bond acceptors (Lipinski definition) is 0. The second kappa shape index (κ2) is 2.95. The van der Waals surface area contributed by atoms with Crippen LogP contribution in [-0.2, 0) is 0 Å². The molecule has 4 fully saturated rings. The molecular formula is C20H30. The highest BCUT2D eigenvalue weighted by molar-refractivity contribution is 5.46. The molecule has 0 spiro atoms. The van der Waals surface area contributed by atoms with Crippen molar-refractivity contribution >= 4 is 0 Å². The molecule has 0 aliphatic heterocycles. The molecule has 0 saturated heterocycles. The van der Waals surface area contributed by atoms with Gasteiger partial charge in [0.1, 0.15) is 0 Å². The van der Waals surface area contributed by atoms with E-state index in [2.05, 4.69) is 40.7 Å². The maximum Gasteiger partial charge on any atom is -0.00392 e. The molecule has 0 heteroatoms. The molecule has 5 rings (SSSR count). The van der Waals surface area contributed by atoms with Gasteiger partial charge >= 0.3 is 0 Å². The molecule has 0 aromatic carbocycles. The van der Waals surface area contributed by atoms with Crippen LogP contribution in [0.5, 0.6) is 0 Å². The van der Waals surface area contributed by atoms with Gasteiger partial charge in [-0.05, 0) is 77.4 Å². The van der Waals surface area contributed by atoms with Gasteiger partial charge in [0.25, 0.3) is 0 Å². The predicted octanol–water partition coefficient (Wildman–Crippen LogP) is 5.44. The quantitative estimate of drug-likeness (QED) is 0.514. The second-order valence-electron chi connectivity index (χ2n) is 10.4. The van der Waals surface area contributed by atoms with Crippen molar-refractivity contribution < 1.29 is 0 Å². The summed E-state index contributed by atoms with van der Waals surface area (Å²) in [6, 6.07) is 0. The lowest BCUT2D eigenvalue weighted by atomic mass is 9.66. The van der Waals surface area contributed by atoms with E-state index >= 15 is 0 Å². The fourth-order valence-electron chi connectivity index (χ4n) is 8.11. The highest BCUT2D eigenvalue weighted by Gasteiger charge is 2.73. The number of hydrogen-bond donors (Lipinski definition) is 0. The highest BCUT2D eigenvalue weighted by atomic mass is 14.8. The van der Waals surface area contributed by atoms with E-state index in [1.807, 2.05) is 5.57 Å². The van der Waals surface area contributed by atoms with Crippen molar-refractivity contribution in [3.05, 3.63) is 11.6 Å². The zero-order valence-corrected chi connectivity index (χ0v) is 13.9. The molecule has 4 saturated carbocycles. The number of fused-ring (bicyclic) bond motifs is 2. The molecule has 110 valence electrons. The van der Waals surface area contributed by atoms with Crippen LogP contribution in [0.15, 0.2) is 11.6 Å². The van der Waals surface area contributed by atoms with E-state index in [0.717, 1.165) is 23.7 Å². The van der Waals surface area contributed by atoms with Gasteiger partial charge in [-0.25, -0.2) is 0 Å². The Morgan fingerprint density at radius 2 is 1.60 bits per heavy atom. The summed E-state index contributed by atoms with van der Waals surface area (Å²) in [6.07, 6.45) is 10.3.